The standard InChI is InChI=1S/C11H18N2OS/c1-15-10-4-2-3-5-11(14)13-8-6-12-7-9-13/h2-4,10,12H,5-9H2,1H3/b3-2+,10-4-. The van der Waals surface area contributed by atoms with E-state index in [4.69, 9.17) is 0 Å². The third-order valence-corrected chi connectivity index (χ3v) is 2.65. The first-order valence-electron chi connectivity index (χ1n) is 5.17. The van der Waals surface area contributed by atoms with E-state index < -0.39 is 0 Å². The smallest absolute Gasteiger partial charge is 0.226 e. The van der Waals surface area contributed by atoms with Crippen LogP contribution in [0, 0.1) is 0 Å². The minimum absolute atomic E-state index is 0.227. The van der Waals surface area contributed by atoms with Crippen molar-refractivity contribution < 1.29 is 4.79 Å². The van der Waals surface area contributed by atoms with E-state index in [1.54, 1.807) is 11.8 Å². The number of thioether (sulfide) groups is 1. The van der Waals surface area contributed by atoms with Gasteiger partial charge in [-0.3, -0.25) is 4.79 Å². The lowest BCUT2D eigenvalue weighted by Gasteiger charge is -2.27. The van der Waals surface area contributed by atoms with Crippen molar-refractivity contribution in [3.8, 4) is 0 Å². The average molecular weight is 226 g/mol. The van der Waals surface area contributed by atoms with Gasteiger partial charge in [0.1, 0.15) is 0 Å². The molecule has 0 saturated carbocycles. The Labute approximate surface area is 95.6 Å². The van der Waals surface area contributed by atoms with Gasteiger partial charge in [-0.25, -0.2) is 0 Å². The normalized spacial score (nSPS) is 17.8. The number of nitrogens with one attached hydrogen (secondary N) is 1. The molecule has 0 bridgehead atoms. The summed E-state index contributed by atoms with van der Waals surface area (Å²) < 4.78 is 0. The molecule has 1 N–H and O–H groups in total. The van der Waals surface area contributed by atoms with E-state index in [1.165, 1.54) is 0 Å². The van der Waals surface area contributed by atoms with Crippen LogP contribution in [0.4, 0.5) is 0 Å². The maximum Gasteiger partial charge on any atom is 0.226 e. The van der Waals surface area contributed by atoms with Gasteiger partial charge in [0, 0.05) is 32.6 Å². The van der Waals surface area contributed by atoms with Gasteiger partial charge in [-0.2, -0.15) is 0 Å². The number of hydrogen-bond acceptors (Lipinski definition) is 3. The second-order valence-corrected chi connectivity index (χ2v) is 4.07. The van der Waals surface area contributed by atoms with E-state index in [9.17, 15) is 4.79 Å². The maximum absolute atomic E-state index is 11.6. The van der Waals surface area contributed by atoms with Crippen molar-refractivity contribution in [3.63, 3.8) is 0 Å². The Morgan fingerprint density at radius 1 is 1.40 bits per heavy atom. The second-order valence-electron chi connectivity index (χ2n) is 3.33. The molecule has 1 rings (SSSR count). The highest BCUT2D eigenvalue weighted by Crippen LogP contribution is 1.99. The summed E-state index contributed by atoms with van der Waals surface area (Å²) in [6.07, 6.45) is 8.32. The average Bonchev–Trinajstić information content (AvgIpc) is 2.30. The molecule has 1 saturated heterocycles. The van der Waals surface area contributed by atoms with Crippen LogP contribution < -0.4 is 5.32 Å². The van der Waals surface area contributed by atoms with Gasteiger partial charge in [-0.15, -0.1) is 11.8 Å². The lowest BCUT2D eigenvalue weighted by atomic mass is 10.3. The second kappa shape index (κ2) is 7.54. The molecular weight excluding hydrogens is 208 g/mol. The Morgan fingerprint density at radius 2 is 2.13 bits per heavy atom. The van der Waals surface area contributed by atoms with Crippen molar-refractivity contribution in [3.05, 3.63) is 23.6 Å². The number of nitrogens with zero attached hydrogens (tertiary/aromatic N) is 1. The van der Waals surface area contributed by atoms with Crippen molar-refractivity contribution in [2.45, 2.75) is 6.42 Å². The molecule has 15 heavy (non-hydrogen) atoms. The first kappa shape index (κ1) is 12.3. The maximum atomic E-state index is 11.6. The zero-order valence-electron chi connectivity index (χ0n) is 9.11. The van der Waals surface area contributed by atoms with E-state index in [0.29, 0.717) is 6.42 Å². The number of rotatable bonds is 4. The molecule has 0 unspecified atom stereocenters. The summed E-state index contributed by atoms with van der Waals surface area (Å²) in [4.78, 5) is 13.6. The monoisotopic (exact) mass is 226 g/mol. The van der Waals surface area contributed by atoms with Crippen LogP contribution in [0.2, 0.25) is 0 Å². The molecule has 1 fully saturated rings. The number of hydrogen-bond donors (Lipinski definition) is 1. The predicted molar refractivity (Wildman–Crippen MR) is 65.9 cm³/mol. The van der Waals surface area contributed by atoms with Crippen LogP contribution in [0.5, 0.6) is 0 Å². The topological polar surface area (TPSA) is 32.3 Å². The van der Waals surface area contributed by atoms with E-state index in [-0.39, 0.29) is 5.91 Å². The largest absolute Gasteiger partial charge is 0.340 e. The van der Waals surface area contributed by atoms with Crippen LogP contribution in [0.25, 0.3) is 0 Å². The molecular formula is C11H18N2OS. The third-order valence-electron chi connectivity index (χ3n) is 2.22. The highest BCUT2D eigenvalue weighted by atomic mass is 32.2. The summed E-state index contributed by atoms with van der Waals surface area (Å²) in [6.45, 7) is 3.52. The van der Waals surface area contributed by atoms with Crippen LogP contribution in [0.1, 0.15) is 6.42 Å². The molecule has 1 aliphatic heterocycles. The Kier molecular flexibility index (Phi) is 6.20. The third kappa shape index (κ3) is 5.04. The number of piperazine rings is 1. The molecule has 0 spiro atoms. The molecule has 1 heterocycles. The van der Waals surface area contributed by atoms with Crippen molar-refractivity contribution in [1.82, 2.24) is 10.2 Å². The van der Waals surface area contributed by atoms with Gasteiger partial charge in [0.05, 0.1) is 0 Å². The predicted octanol–water partition coefficient (Wildman–Crippen LogP) is 1.24. The van der Waals surface area contributed by atoms with Gasteiger partial charge in [0.15, 0.2) is 0 Å². The Morgan fingerprint density at radius 3 is 2.80 bits per heavy atom. The Bertz CT molecular complexity index is 245. The van der Waals surface area contributed by atoms with Crippen molar-refractivity contribution in [2.24, 2.45) is 0 Å². The van der Waals surface area contributed by atoms with Crippen molar-refractivity contribution >= 4 is 17.7 Å². The van der Waals surface area contributed by atoms with Gasteiger partial charge in [-0.1, -0.05) is 18.2 Å². The van der Waals surface area contributed by atoms with E-state index >= 15 is 0 Å². The van der Waals surface area contributed by atoms with Crippen molar-refractivity contribution in [2.75, 3.05) is 32.4 Å². The van der Waals surface area contributed by atoms with Gasteiger partial charge in [-0.05, 0) is 11.7 Å². The number of amides is 1. The summed E-state index contributed by atoms with van der Waals surface area (Å²) >= 11 is 1.65. The summed E-state index contributed by atoms with van der Waals surface area (Å²) in [5.41, 5.74) is 0. The number of carbonyl (C=O) groups is 1. The fourth-order valence-corrected chi connectivity index (χ4v) is 1.66. The van der Waals surface area contributed by atoms with Crippen LogP contribution in [-0.2, 0) is 4.79 Å². The molecule has 3 nitrogen and oxygen atoms in total. The van der Waals surface area contributed by atoms with Crippen LogP contribution >= 0.6 is 11.8 Å². The quantitative estimate of drug-likeness (QED) is 0.732. The van der Waals surface area contributed by atoms with E-state index in [1.807, 2.05) is 34.8 Å². The fraction of sp³-hybridized carbons (Fsp3) is 0.545. The van der Waals surface area contributed by atoms with Gasteiger partial charge >= 0.3 is 0 Å². The molecule has 0 radical (unpaired) electrons. The van der Waals surface area contributed by atoms with Crippen molar-refractivity contribution in [1.29, 1.82) is 0 Å². The number of carbonyl (C=O) groups excluding carboxylic acids is 1. The van der Waals surface area contributed by atoms with E-state index in [0.717, 1.165) is 26.2 Å². The SMILES string of the molecule is CS/C=C\C=C\CC(=O)N1CCNCC1. The molecule has 4 heteroatoms. The molecule has 1 aliphatic rings. The molecule has 0 atom stereocenters. The Balaban J connectivity index is 2.22. The summed E-state index contributed by atoms with van der Waals surface area (Å²) in [7, 11) is 0. The molecule has 1 amide bonds. The molecule has 0 aromatic heterocycles. The lowest BCUT2D eigenvalue weighted by molar-refractivity contribution is -0.130. The van der Waals surface area contributed by atoms with Gasteiger partial charge in [0.25, 0.3) is 0 Å². The van der Waals surface area contributed by atoms with Crippen LogP contribution in [0.3, 0.4) is 0 Å². The Hall–Kier alpha value is -0.740. The highest BCUT2D eigenvalue weighted by molar-refractivity contribution is 8.01. The molecule has 0 aromatic rings. The minimum atomic E-state index is 0.227. The summed E-state index contributed by atoms with van der Waals surface area (Å²) in [6, 6.07) is 0. The van der Waals surface area contributed by atoms with Gasteiger partial charge in [0.2, 0.25) is 5.91 Å². The van der Waals surface area contributed by atoms with Crippen LogP contribution in [-0.4, -0.2) is 43.2 Å². The molecule has 0 aliphatic carbocycles. The lowest BCUT2D eigenvalue weighted by Crippen LogP contribution is -2.46. The summed E-state index contributed by atoms with van der Waals surface area (Å²) in [5.74, 6) is 0.227. The molecule has 84 valence electrons. The van der Waals surface area contributed by atoms with E-state index in [2.05, 4.69) is 5.32 Å². The minimum Gasteiger partial charge on any atom is -0.340 e. The summed E-state index contributed by atoms with van der Waals surface area (Å²) in [5, 5.41) is 5.22. The fourth-order valence-electron chi connectivity index (χ4n) is 1.41. The van der Waals surface area contributed by atoms with Crippen LogP contribution in [0.15, 0.2) is 23.6 Å². The number of allylic oxidation sites excluding steroid dienone is 2. The molecule has 0 aromatic carbocycles. The zero-order valence-corrected chi connectivity index (χ0v) is 9.93. The highest BCUT2D eigenvalue weighted by Gasteiger charge is 2.13. The first-order chi connectivity index (χ1) is 7.34. The van der Waals surface area contributed by atoms with Gasteiger partial charge < -0.3 is 10.2 Å². The first-order valence-corrected chi connectivity index (χ1v) is 6.46. The zero-order chi connectivity index (χ0) is 10.9.